The highest BCUT2D eigenvalue weighted by molar-refractivity contribution is 7.86. The predicted molar refractivity (Wildman–Crippen MR) is 97.3 cm³/mol. The third kappa shape index (κ3) is 14.0. The van der Waals surface area contributed by atoms with Gasteiger partial charge in [0.25, 0.3) is 10.1 Å². The summed E-state index contributed by atoms with van der Waals surface area (Å²) < 4.78 is 31.2. The molecule has 0 aromatic heterocycles. The van der Waals surface area contributed by atoms with E-state index in [9.17, 15) is 13.5 Å². The van der Waals surface area contributed by atoms with E-state index in [0.717, 1.165) is 51.4 Å². The average molecular weight is 351 g/mol. The third-order valence-electron chi connectivity index (χ3n) is 4.58. The fraction of sp³-hybridized carbons (Fsp3) is 1.00. The smallest absolute Gasteiger partial charge is 0.267 e. The fourth-order valence-corrected chi connectivity index (χ4v) is 3.85. The maximum Gasteiger partial charge on any atom is 0.267 e. The molecule has 0 aliphatic rings. The van der Waals surface area contributed by atoms with E-state index in [2.05, 4.69) is 6.92 Å². The standard InChI is InChI=1S/C18H38O4S/c1-3-5-14-17(19)15-12-10-8-6-7-9-11-13-16-18(4-2)23(20,21)22/h17-19H,3-16H2,1-2H3,(H,20,21,22). The lowest BCUT2D eigenvalue weighted by Gasteiger charge is -2.11. The molecule has 2 atom stereocenters. The first-order valence-corrected chi connectivity index (χ1v) is 11.1. The largest absolute Gasteiger partial charge is 0.393 e. The van der Waals surface area contributed by atoms with Crippen LogP contribution in [0.2, 0.25) is 0 Å². The minimum Gasteiger partial charge on any atom is -0.393 e. The van der Waals surface area contributed by atoms with Crippen LogP contribution < -0.4 is 0 Å². The van der Waals surface area contributed by atoms with Crippen molar-refractivity contribution in [3.63, 3.8) is 0 Å². The quantitative estimate of drug-likeness (QED) is 0.300. The van der Waals surface area contributed by atoms with Gasteiger partial charge in [0.1, 0.15) is 0 Å². The monoisotopic (exact) mass is 350 g/mol. The number of hydrogen-bond acceptors (Lipinski definition) is 3. The summed E-state index contributed by atoms with van der Waals surface area (Å²) in [4.78, 5) is 0. The lowest BCUT2D eigenvalue weighted by Crippen LogP contribution is -2.19. The Bertz CT molecular complexity index is 354. The molecular formula is C18H38O4S. The molecule has 23 heavy (non-hydrogen) atoms. The van der Waals surface area contributed by atoms with Gasteiger partial charge in [0.15, 0.2) is 0 Å². The molecule has 0 aromatic rings. The highest BCUT2D eigenvalue weighted by atomic mass is 32.2. The van der Waals surface area contributed by atoms with Gasteiger partial charge in [-0.15, -0.1) is 0 Å². The van der Waals surface area contributed by atoms with Crippen molar-refractivity contribution in [1.82, 2.24) is 0 Å². The van der Waals surface area contributed by atoms with E-state index in [1.807, 2.05) is 0 Å². The van der Waals surface area contributed by atoms with Crippen molar-refractivity contribution in [3.8, 4) is 0 Å². The van der Waals surface area contributed by atoms with Crippen LogP contribution in [0, 0.1) is 0 Å². The van der Waals surface area contributed by atoms with Crippen molar-refractivity contribution in [3.05, 3.63) is 0 Å². The Morgan fingerprint density at radius 1 is 0.739 bits per heavy atom. The topological polar surface area (TPSA) is 74.6 Å². The number of rotatable bonds is 16. The first-order chi connectivity index (χ1) is 10.9. The number of hydrogen-bond donors (Lipinski definition) is 2. The summed E-state index contributed by atoms with van der Waals surface area (Å²) in [7, 11) is -3.86. The van der Waals surface area contributed by atoms with E-state index < -0.39 is 15.4 Å². The summed E-state index contributed by atoms with van der Waals surface area (Å²) >= 11 is 0. The average Bonchev–Trinajstić information content (AvgIpc) is 2.49. The summed E-state index contributed by atoms with van der Waals surface area (Å²) in [6.07, 6.45) is 14.1. The zero-order valence-electron chi connectivity index (χ0n) is 15.2. The van der Waals surface area contributed by atoms with Crippen molar-refractivity contribution in [2.24, 2.45) is 0 Å². The van der Waals surface area contributed by atoms with Crippen LogP contribution in [-0.4, -0.2) is 29.4 Å². The molecular weight excluding hydrogens is 312 g/mol. The molecule has 4 nitrogen and oxygen atoms in total. The van der Waals surface area contributed by atoms with Gasteiger partial charge in [-0.1, -0.05) is 78.1 Å². The Morgan fingerprint density at radius 3 is 1.61 bits per heavy atom. The SMILES string of the molecule is CCCCC(O)CCCCCCCCCCC(CC)S(=O)(=O)O. The Kier molecular flexibility index (Phi) is 14.2. The van der Waals surface area contributed by atoms with Crippen molar-refractivity contribution in [1.29, 1.82) is 0 Å². The van der Waals surface area contributed by atoms with Crippen LogP contribution >= 0.6 is 0 Å². The van der Waals surface area contributed by atoms with Gasteiger partial charge < -0.3 is 5.11 Å². The third-order valence-corrected chi connectivity index (χ3v) is 5.99. The summed E-state index contributed by atoms with van der Waals surface area (Å²) in [5.74, 6) is 0. The van der Waals surface area contributed by atoms with Gasteiger partial charge in [-0.05, 0) is 25.7 Å². The minimum absolute atomic E-state index is 0.107. The second-order valence-corrected chi connectivity index (χ2v) is 8.44. The highest BCUT2D eigenvalue weighted by Crippen LogP contribution is 2.16. The fourth-order valence-electron chi connectivity index (χ4n) is 2.96. The van der Waals surface area contributed by atoms with E-state index in [-0.39, 0.29) is 6.10 Å². The van der Waals surface area contributed by atoms with E-state index in [1.54, 1.807) is 6.92 Å². The second-order valence-electron chi connectivity index (χ2n) is 6.75. The van der Waals surface area contributed by atoms with Crippen molar-refractivity contribution < 1.29 is 18.1 Å². The van der Waals surface area contributed by atoms with E-state index in [4.69, 9.17) is 4.55 Å². The van der Waals surface area contributed by atoms with Crippen molar-refractivity contribution in [2.45, 2.75) is 115 Å². The maximum absolute atomic E-state index is 11.1. The van der Waals surface area contributed by atoms with Crippen LogP contribution in [0.25, 0.3) is 0 Å². The molecule has 0 fully saturated rings. The van der Waals surface area contributed by atoms with Crippen LogP contribution in [-0.2, 0) is 10.1 Å². The van der Waals surface area contributed by atoms with Crippen LogP contribution in [0.15, 0.2) is 0 Å². The normalized spacial score (nSPS) is 14.8. The Morgan fingerprint density at radius 2 is 1.17 bits per heavy atom. The predicted octanol–water partition coefficient (Wildman–Crippen LogP) is 5.10. The number of aliphatic hydroxyl groups is 1. The summed E-state index contributed by atoms with van der Waals surface area (Å²) in [5.41, 5.74) is 0. The van der Waals surface area contributed by atoms with Crippen LogP contribution in [0.4, 0.5) is 0 Å². The Balaban J connectivity index is 3.37. The van der Waals surface area contributed by atoms with E-state index in [0.29, 0.717) is 12.8 Å². The Hall–Kier alpha value is -0.130. The van der Waals surface area contributed by atoms with Gasteiger partial charge in [-0.3, -0.25) is 4.55 Å². The van der Waals surface area contributed by atoms with Crippen LogP contribution in [0.1, 0.15) is 104 Å². The Labute approximate surface area is 143 Å². The van der Waals surface area contributed by atoms with E-state index in [1.165, 1.54) is 25.7 Å². The molecule has 0 rings (SSSR count). The van der Waals surface area contributed by atoms with Crippen molar-refractivity contribution in [2.75, 3.05) is 0 Å². The van der Waals surface area contributed by atoms with Crippen LogP contribution in [0.3, 0.4) is 0 Å². The van der Waals surface area contributed by atoms with Gasteiger partial charge in [-0.2, -0.15) is 8.42 Å². The molecule has 5 heteroatoms. The highest BCUT2D eigenvalue weighted by Gasteiger charge is 2.19. The van der Waals surface area contributed by atoms with Crippen LogP contribution in [0.5, 0.6) is 0 Å². The molecule has 0 spiro atoms. The minimum atomic E-state index is -3.86. The zero-order chi connectivity index (χ0) is 17.6. The zero-order valence-corrected chi connectivity index (χ0v) is 16.0. The summed E-state index contributed by atoms with van der Waals surface area (Å²) in [6.45, 7) is 3.95. The van der Waals surface area contributed by atoms with Gasteiger partial charge in [0, 0.05) is 0 Å². The van der Waals surface area contributed by atoms with Crippen molar-refractivity contribution >= 4 is 10.1 Å². The van der Waals surface area contributed by atoms with E-state index >= 15 is 0 Å². The molecule has 0 aliphatic carbocycles. The maximum atomic E-state index is 11.1. The molecule has 0 amide bonds. The second kappa shape index (κ2) is 14.2. The lowest BCUT2D eigenvalue weighted by atomic mass is 10.0. The van der Waals surface area contributed by atoms with Gasteiger partial charge >= 0.3 is 0 Å². The molecule has 0 radical (unpaired) electrons. The number of unbranched alkanes of at least 4 members (excludes halogenated alkanes) is 8. The molecule has 2 N–H and O–H groups in total. The van der Waals surface area contributed by atoms with Gasteiger partial charge in [0.2, 0.25) is 0 Å². The molecule has 0 saturated carbocycles. The molecule has 0 aromatic carbocycles. The molecule has 0 bridgehead atoms. The molecule has 0 heterocycles. The summed E-state index contributed by atoms with van der Waals surface area (Å²) in [6, 6.07) is 0. The van der Waals surface area contributed by atoms with Gasteiger partial charge in [0.05, 0.1) is 11.4 Å². The lowest BCUT2D eigenvalue weighted by molar-refractivity contribution is 0.148. The molecule has 0 aliphatic heterocycles. The van der Waals surface area contributed by atoms with Gasteiger partial charge in [-0.25, -0.2) is 0 Å². The summed E-state index contributed by atoms with van der Waals surface area (Å²) in [5, 5.41) is 9.16. The number of aliphatic hydroxyl groups excluding tert-OH is 1. The molecule has 140 valence electrons. The first-order valence-electron chi connectivity index (χ1n) is 9.56. The molecule has 2 unspecified atom stereocenters. The first kappa shape index (κ1) is 22.9. The molecule has 0 saturated heterocycles.